The predicted molar refractivity (Wildman–Crippen MR) is 57.8 cm³/mol. The van der Waals surface area contributed by atoms with Crippen molar-refractivity contribution < 1.29 is 4.79 Å². The second kappa shape index (κ2) is 7.11. The number of Topliss-reactive ketones (excluding diaryl/α,β-unsaturated/α-hetero) is 1. The summed E-state index contributed by atoms with van der Waals surface area (Å²) in [4.78, 5) is 10.9. The number of rotatable bonds is 1. The van der Waals surface area contributed by atoms with Crippen LogP contribution in [0.25, 0.3) is 0 Å². The predicted octanol–water partition coefficient (Wildman–Crippen LogP) is 3.82. The highest BCUT2D eigenvalue weighted by Crippen LogP contribution is 2.28. The fraction of sp³-hybridized carbons (Fsp3) is 0.917. The van der Waals surface area contributed by atoms with Gasteiger partial charge in [0.05, 0.1) is 0 Å². The van der Waals surface area contributed by atoms with E-state index in [1.165, 1.54) is 19.3 Å². The van der Waals surface area contributed by atoms with E-state index in [0.29, 0.717) is 11.7 Å². The molecular formula is C12H24O. The first-order chi connectivity index (χ1) is 6.11. The van der Waals surface area contributed by atoms with Crippen LogP contribution in [0.15, 0.2) is 0 Å². The second-order valence-electron chi connectivity index (χ2n) is 4.29. The molecule has 2 atom stereocenters. The zero-order valence-corrected chi connectivity index (χ0v) is 9.60. The molecule has 2 unspecified atom stereocenters. The molecule has 1 aliphatic carbocycles. The maximum atomic E-state index is 10.9. The molecule has 1 nitrogen and oxygen atoms in total. The highest BCUT2D eigenvalue weighted by atomic mass is 16.1. The molecule has 1 aliphatic rings. The van der Waals surface area contributed by atoms with E-state index in [4.69, 9.17) is 0 Å². The number of carbonyl (C=O) groups is 1. The molecule has 0 amide bonds. The lowest BCUT2D eigenvalue weighted by atomic mass is 9.81. The van der Waals surface area contributed by atoms with Crippen molar-refractivity contribution in [2.45, 2.75) is 59.8 Å². The molecule has 0 aromatic carbocycles. The summed E-state index contributed by atoms with van der Waals surface area (Å²) < 4.78 is 0. The van der Waals surface area contributed by atoms with Crippen LogP contribution >= 0.6 is 0 Å². The molecule has 0 heterocycles. The molecule has 0 spiro atoms. The lowest BCUT2D eigenvalue weighted by Gasteiger charge is -2.24. The van der Waals surface area contributed by atoms with Crippen LogP contribution in [0.1, 0.15) is 59.8 Å². The molecule has 0 aliphatic heterocycles. The highest BCUT2D eigenvalue weighted by Gasteiger charge is 2.21. The Morgan fingerprint density at radius 2 is 1.85 bits per heavy atom. The maximum absolute atomic E-state index is 10.9. The van der Waals surface area contributed by atoms with Crippen molar-refractivity contribution in [3.05, 3.63) is 0 Å². The first kappa shape index (κ1) is 12.7. The Balaban J connectivity index is 0.000000424. The number of hydrogen-bond donors (Lipinski definition) is 0. The molecule has 1 saturated carbocycles. The van der Waals surface area contributed by atoms with E-state index in [-0.39, 0.29) is 0 Å². The SMILES string of the molecule is CC(=O)C1CCCC(C)C1.CCC. The molecule has 0 aromatic heterocycles. The molecular weight excluding hydrogens is 160 g/mol. The van der Waals surface area contributed by atoms with Crippen molar-refractivity contribution >= 4 is 5.78 Å². The zero-order chi connectivity index (χ0) is 10.3. The first-order valence-electron chi connectivity index (χ1n) is 5.62. The summed E-state index contributed by atoms with van der Waals surface area (Å²) in [5, 5.41) is 0. The molecule has 1 fully saturated rings. The van der Waals surface area contributed by atoms with Gasteiger partial charge in [0.2, 0.25) is 0 Å². The molecule has 1 rings (SSSR count). The van der Waals surface area contributed by atoms with Gasteiger partial charge < -0.3 is 0 Å². The Kier molecular flexibility index (Phi) is 6.93. The van der Waals surface area contributed by atoms with E-state index in [1.54, 1.807) is 6.92 Å². The van der Waals surface area contributed by atoms with Crippen LogP contribution in [0.5, 0.6) is 0 Å². The Hall–Kier alpha value is -0.330. The van der Waals surface area contributed by atoms with Crippen LogP contribution < -0.4 is 0 Å². The summed E-state index contributed by atoms with van der Waals surface area (Å²) >= 11 is 0. The molecule has 1 heteroatoms. The van der Waals surface area contributed by atoms with Crippen LogP contribution in [0.4, 0.5) is 0 Å². The summed E-state index contributed by atoms with van der Waals surface area (Å²) in [5.41, 5.74) is 0. The number of ketones is 1. The van der Waals surface area contributed by atoms with E-state index in [9.17, 15) is 4.79 Å². The topological polar surface area (TPSA) is 17.1 Å². The van der Waals surface area contributed by atoms with Gasteiger partial charge in [-0.25, -0.2) is 0 Å². The molecule has 0 aromatic rings. The largest absolute Gasteiger partial charge is 0.300 e. The fourth-order valence-electron chi connectivity index (χ4n) is 1.80. The number of hydrogen-bond acceptors (Lipinski definition) is 1. The fourth-order valence-corrected chi connectivity index (χ4v) is 1.80. The third kappa shape index (κ3) is 5.84. The Bertz CT molecular complexity index is 140. The van der Waals surface area contributed by atoms with Gasteiger partial charge in [0.1, 0.15) is 5.78 Å². The Labute approximate surface area is 82.9 Å². The summed E-state index contributed by atoms with van der Waals surface area (Å²) in [7, 11) is 0. The monoisotopic (exact) mass is 184 g/mol. The van der Waals surface area contributed by atoms with Crippen LogP contribution in [-0.2, 0) is 4.79 Å². The van der Waals surface area contributed by atoms with Crippen molar-refractivity contribution in [1.29, 1.82) is 0 Å². The first-order valence-corrected chi connectivity index (χ1v) is 5.62. The highest BCUT2D eigenvalue weighted by molar-refractivity contribution is 5.78. The minimum atomic E-state index is 0.392. The average Bonchev–Trinajstić information content (AvgIpc) is 2.05. The van der Waals surface area contributed by atoms with E-state index >= 15 is 0 Å². The van der Waals surface area contributed by atoms with Crippen molar-refractivity contribution in [3.8, 4) is 0 Å². The van der Waals surface area contributed by atoms with Gasteiger partial charge in [-0.05, 0) is 25.7 Å². The van der Waals surface area contributed by atoms with Gasteiger partial charge in [-0.2, -0.15) is 0 Å². The van der Waals surface area contributed by atoms with Crippen LogP contribution in [0.2, 0.25) is 0 Å². The lowest BCUT2D eigenvalue weighted by Crippen LogP contribution is -2.19. The van der Waals surface area contributed by atoms with E-state index in [0.717, 1.165) is 18.8 Å². The van der Waals surface area contributed by atoms with Crippen molar-refractivity contribution in [3.63, 3.8) is 0 Å². The van der Waals surface area contributed by atoms with Crippen LogP contribution in [0, 0.1) is 11.8 Å². The normalized spacial score (nSPS) is 27.4. The lowest BCUT2D eigenvalue weighted by molar-refractivity contribution is -0.122. The quantitative estimate of drug-likeness (QED) is 0.605. The van der Waals surface area contributed by atoms with Gasteiger partial charge >= 0.3 is 0 Å². The Morgan fingerprint density at radius 1 is 1.31 bits per heavy atom. The molecule has 0 N–H and O–H groups in total. The summed E-state index contributed by atoms with van der Waals surface area (Å²) in [6, 6.07) is 0. The second-order valence-corrected chi connectivity index (χ2v) is 4.29. The molecule has 0 saturated heterocycles. The van der Waals surface area contributed by atoms with Gasteiger partial charge in [0.25, 0.3) is 0 Å². The molecule has 78 valence electrons. The third-order valence-electron chi connectivity index (χ3n) is 2.51. The average molecular weight is 184 g/mol. The maximum Gasteiger partial charge on any atom is 0.132 e. The number of carbonyl (C=O) groups excluding carboxylic acids is 1. The smallest absolute Gasteiger partial charge is 0.132 e. The minimum absolute atomic E-state index is 0.392. The van der Waals surface area contributed by atoms with E-state index in [1.807, 2.05) is 0 Å². The minimum Gasteiger partial charge on any atom is -0.300 e. The summed E-state index contributed by atoms with van der Waals surface area (Å²) in [6.07, 6.45) is 6.10. The van der Waals surface area contributed by atoms with E-state index < -0.39 is 0 Å². The van der Waals surface area contributed by atoms with Gasteiger partial charge in [0, 0.05) is 5.92 Å². The molecule has 0 bridgehead atoms. The van der Waals surface area contributed by atoms with E-state index in [2.05, 4.69) is 20.8 Å². The van der Waals surface area contributed by atoms with Crippen molar-refractivity contribution in [2.24, 2.45) is 11.8 Å². The van der Waals surface area contributed by atoms with Gasteiger partial charge in [0.15, 0.2) is 0 Å². The van der Waals surface area contributed by atoms with Crippen molar-refractivity contribution in [1.82, 2.24) is 0 Å². The van der Waals surface area contributed by atoms with Crippen LogP contribution in [-0.4, -0.2) is 5.78 Å². The summed E-state index contributed by atoms with van der Waals surface area (Å²) in [6.45, 7) is 8.22. The third-order valence-corrected chi connectivity index (χ3v) is 2.51. The van der Waals surface area contributed by atoms with Crippen LogP contribution in [0.3, 0.4) is 0 Å². The van der Waals surface area contributed by atoms with Crippen molar-refractivity contribution in [2.75, 3.05) is 0 Å². The molecule has 13 heavy (non-hydrogen) atoms. The van der Waals surface area contributed by atoms with Gasteiger partial charge in [-0.15, -0.1) is 0 Å². The standard InChI is InChI=1S/C9H16O.C3H8/c1-7-4-3-5-9(6-7)8(2)10;1-3-2/h7,9H,3-6H2,1-2H3;3H2,1-2H3. The van der Waals surface area contributed by atoms with Gasteiger partial charge in [-0.3, -0.25) is 4.79 Å². The van der Waals surface area contributed by atoms with Gasteiger partial charge in [-0.1, -0.05) is 40.0 Å². The summed E-state index contributed by atoms with van der Waals surface area (Å²) in [5.74, 6) is 1.57. The molecule has 0 radical (unpaired) electrons. The Morgan fingerprint density at radius 3 is 2.15 bits per heavy atom. The zero-order valence-electron chi connectivity index (χ0n) is 9.60.